The van der Waals surface area contributed by atoms with Crippen molar-refractivity contribution in [3.8, 4) is 0 Å². The minimum absolute atomic E-state index is 0.528. The SMILES string of the molecule is C=C(O/C(=N\C)c1ccccc1)[C@@H]1C[C@H]1CC. The van der Waals surface area contributed by atoms with Crippen LogP contribution in [0.15, 0.2) is 47.7 Å². The van der Waals surface area contributed by atoms with Crippen LogP contribution in [-0.4, -0.2) is 12.9 Å². The summed E-state index contributed by atoms with van der Waals surface area (Å²) in [6.45, 7) is 6.24. The normalized spacial score (nSPS) is 23.3. The van der Waals surface area contributed by atoms with E-state index in [4.69, 9.17) is 4.74 Å². The van der Waals surface area contributed by atoms with Crippen LogP contribution < -0.4 is 0 Å². The zero-order chi connectivity index (χ0) is 12.3. The summed E-state index contributed by atoms with van der Waals surface area (Å²) in [5, 5.41) is 0. The second-order valence-corrected chi connectivity index (χ2v) is 4.47. The molecule has 0 heterocycles. The van der Waals surface area contributed by atoms with Crippen LogP contribution >= 0.6 is 0 Å². The molecule has 0 aromatic heterocycles. The lowest BCUT2D eigenvalue weighted by Crippen LogP contribution is -2.07. The summed E-state index contributed by atoms with van der Waals surface area (Å²) in [7, 11) is 1.75. The van der Waals surface area contributed by atoms with Crippen LogP contribution in [0.3, 0.4) is 0 Å². The zero-order valence-electron chi connectivity index (χ0n) is 10.5. The Morgan fingerprint density at radius 1 is 1.41 bits per heavy atom. The highest BCUT2D eigenvalue weighted by Crippen LogP contribution is 2.46. The molecule has 2 rings (SSSR count). The maximum Gasteiger partial charge on any atom is 0.221 e. The minimum atomic E-state index is 0.528. The number of ether oxygens (including phenoxy) is 1. The highest BCUT2D eigenvalue weighted by molar-refractivity contribution is 5.94. The highest BCUT2D eigenvalue weighted by Gasteiger charge is 2.39. The molecule has 90 valence electrons. The topological polar surface area (TPSA) is 21.6 Å². The summed E-state index contributed by atoms with van der Waals surface area (Å²) in [4.78, 5) is 4.19. The molecule has 1 aliphatic carbocycles. The molecule has 0 unspecified atom stereocenters. The van der Waals surface area contributed by atoms with Crippen LogP contribution in [-0.2, 0) is 4.74 Å². The fraction of sp³-hybridized carbons (Fsp3) is 0.400. The van der Waals surface area contributed by atoms with Gasteiger partial charge in [0.2, 0.25) is 5.90 Å². The molecule has 2 heteroatoms. The summed E-state index contributed by atoms with van der Waals surface area (Å²) in [5.74, 6) is 2.82. The van der Waals surface area contributed by atoms with Crippen molar-refractivity contribution in [2.24, 2.45) is 16.8 Å². The average Bonchev–Trinajstić information content (AvgIpc) is 3.16. The third-order valence-corrected chi connectivity index (χ3v) is 3.31. The molecule has 0 amide bonds. The first-order chi connectivity index (χ1) is 8.26. The Labute approximate surface area is 103 Å². The number of nitrogens with zero attached hydrogens (tertiary/aromatic N) is 1. The predicted molar refractivity (Wildman–Crippen MR) is 71.0 cm³/mol. The van der Waals surface area contributed by atoms with E-state index in [-0.39, 0.29) is 0 Å². The lowest BCUT2D eigenvalue weighted by molar-refractivity contribution is 0.379. The molecule has 1 aromatic rings. The van der Waals surface area contributed by atoms with Crippen LogP contribution in [0.4, 0.5) is 0 Å². The summed E-state index contributed by atoms with van der Waals surface area (Å²) in [5.41, 5.74) is 1.00. The van der Waals surface area contributed by atoms with Crippen LogP contribution in [0.1, 0.15) is 25.3 Å². The van der Waals surface area contributed by atoms with Gasteiger partial charge in [-0.1, -0.05) is 38.1 Å². The summed E-state index contributed by atoms with van der Waals surface area (Å²) in [6.07, 6.45) is 2.41. The summed E-state index contributed by atoms with van der Waals surface area (Å²) < 4.78 is 5.80. The molecule has 2 atom stereocenters. The smallest absolute Gasteiger partial charge is 0.221 e. The van der Waals surface area contributed by atoms with Gasteiger partial charge < -0.3 is 4.74 Å². The van der Waals surface area contributed by atoms with Crippen LogP contribution in [0.25, 0.3) is 0 Å². The highest BCUT2D eigenvalue weighted by atomic mass is 16.5. The Hall–Kier alpha value is -1.57. The molecular weight excluding hydrogens is 210 g/mol. The van der Waals surface area contributed by atoms with Gasteiger partial charge in [-0.05, 0) is 24.5 Å². The molecule has 1 saturated carbocycles. The van der Waals surface area contributed by atoms with Gasteiger partial charge in [-0.3, -0.25) is 4.99 Å². The Balaban J connectivity index is 2.00. The molecule has 1 fully saturated rings. The molecule has 0 spiro atoms. The van der Waals surface area contributed by atoms with Crippen molar-refractivity contribution in [2.75, 3.05) is 7.05 Å². The predicted octanol–water partition coefficient (Wildman–Crippen LogP) is 3.64. The van der Waals surface area contributed by atoms with Crippen molar-refractivity contribution in [2.45, 2.75) is 19.8 Å². The van der Waals surface area contributed by atoms with Gasteiger partial charge in [0.15, 0.2) is 0 Å². The Bertz CT molecular complexity index is 422. The molecule has 1 aromatic carbocycles. The number of aliphatic imine (C=N–C) groups is 1. The van der Waals surface area contributed by atoms with Crippen molar-refractivity contribution in [3.63, 3.8) is 0 Å². The number of allylic oxidation sites excluding steroid dienone is 1. The van der Waals surface area contributed by atoms with Gasteiger partial charge >= 0.3 is 0 Å². The van der Waals surface area contributed by atoms with Gasteiger partial charge in [-0.15, -0.1) is 0 Å². The number of benzene rings is 1. The number of hydrogen-bond donors (Lipinski definition) is 0. The zero-order valence-corrected chi connectivity index (χ0v) is 10.5. The molecule has 17 heavy (non-hydrogen) atoms. The van der Waals surface area contributed by atoms with Crippen molar-refractivity contribution >= 4 is 5.90 Å². The van der Waals surface area contributed by atoms with E-state index in [0.29, 0.717) is 11.8 Å². The van der Waals surface area contributed by atoms with E-state index in [0.717, 1.165) is 17.2 Å². The molecule has 1 aliphatic rings. The largest absolute Gasteiger partial charge is 0.443 e. The van der Waals surface area contributed by atoms with Gasteiger partial charge in [0.25, 0.3) is 0 Å². The van der Waals surface area contributed by atoms with Gasteiger partial charge in [-0.2, -0.15) is 0 Å². The molecule has 2 nitrogen and oxygen atoms in total. The first kappa shape index (κ1) is 11.9. The number of hydrogen-bond acceptors (Lipinski definition) is 2. The lowest BCUT2D eigenvalue weighted by atomic mass is 10.2. The monoisotopic (exact) mass is 229 g/mol. The quantitative estimate of drug-likeness (QED) is 0.439. The maximum atomic E-state index is 5.80. The van der Waals surface area contributed by atoms with Crippen molar-refractivity contribution in [1.82, 2.24) is 0 Å². The fourth-order valence-electron chi connectivity index (χ4n) is 2.11. The van der Waals surface area contributed by atoms with Gasteiger partial charge in [0.1, 0.15) is 5.76 Å². The Morgan fingerprint density at radius 3 is 2.65 bits per heavy atom. The standard InChI is InChI=1S/C15H19NO/c1-4-12-10-14(12)11(2)17-15(16-3)13-8-6-5-7-9-13/h5-9,12,14H,2,4,10H2,1,3H3/b16-15-/t12-,14+/m1/s1. The van der Waals surface area contributed by atoms with E-state index in [9.17, 15) is 0 Å². The number of rotatable bonds is 4. The van der Waals surface area contributed by atoms with E-state index < -0.39 is 0 Å². The first-order valence-corrected chi connectivity index (χ1v) is 6.15. The third-order valence-electron chi connectivity index (χ3n) is 3.31. The van der Waals surface area contributed by atoms with E-state index in [2.05, 4.69) is 18.5 Å². The van der Waals surface area contributed by atoms with Crippen molar-refractivity contribution in [3.05, 3.63) is 48.2 Å². The minimum Gasteiger partial charge on any atom is -0.443 e. The Morgan fingerprint density at radius 2 is 2.12 bits per heavy atom. The van der Waals surface area contributed by atoms with Crippen molar-refractivity contribution < 1.29 is 4.74 Å². The molecular formula is C15H19NO. The van der Waals surface area contributed by atoms with Crippen LogP contribution in [0, 0.1) is 11.8 Å². The second-order valence-electron chi connectivity index (χ2n) is 4.47. The van der Waals surface area contributed by atoms with E-state index in [1.165, 1.54) is 12.8 Å². The second kappa shape index (κ2) is 5.17. The molecule has 0 saturated heterocycles. The van der Waals surface area contributed by atoms with E-state index in [1.807, 2.05) is 30.3 Å². The van der Waals surface area contributed by atoms with E-state index >= 15 is 0 Å². The fourth-order valence-corrected chi connectivity index (χ4v) is 2.11. The molecule has 0 aliphatic heterocycles. The van der Waals surface area contributed by atoms with Gasteiger partial charge in [0.05, 0.1) is 0 Å². The van der Waals surface area contributed by atoms with Crippen molar-refractivity contribution in [1.29, 1.82) is 0 Å². The van der Waals surface area contributed by atoms with Crippen LogP contribution in [0.2, 0.25) is 0 Å². The average molecular weight is 229 g/mol. The lowest BCUT2D eigenvalue weighted by Gasteiger charge is -2.10. The first-order valence-electron chi connectivity index (χ1n) is 6.15. The molecule has 0 radical (unpaired) electrons. The van der Waals surface area contributed by atoms with Gasteiger partial charge in [-0.25, -0.2) is 0 Å². The molecule has 0 N–H and O–H groups in total. The van der Waals surface area contributed by atoms with Gasteiger partial charge in [0, 0.05) is 18.5 Å². The maximum absolute atomic E-state index is 5.80. The summed E-state index contributed by atoms with van der Waals surface area (Å²) >= 11 is 0. The third kappa shape index (κ3) is 2.76. The summed E-state index contributed by atoms with van der Waals surface area (Å²) in [6, 6.07) is 9.95. The molecule has 0 bridgehead atoms. The van der Waals surface area contributed by atoms with Crippen LogP contribution in [0.5, 0.6) is 0 Å². The Kier molecular flexibility index (Phi) is 3.62. The van der Waals surface area contributed by atoms with E-state index in [1.54, 1.807) is 7.05 Å².